The minimum absolute atomic E-state index is 0.0224. The Kier molecular flexibility index (Phi) is 12.6. The zero-order chi connectivity index (χ0) is 32.4. The average molecular weight is 639 g/mol. The molecule has 5 nitrogen and oxygen atoms in total. The van der Waals surface area contributed by atoms with Gasteiger partial charge in [-0.05, 0) is 87.0 Å². The van der Waals surface area contributed by atoms with E-state index in [1.54, 1.807) is 0 Å². The summed E-state index contributed by atoms with van der Waals surface area (Å²) >= 11 is 0. The number of alkyl halides is 3. The Balaban J connectivity index is 1.47. The van der Waals surface area contributed by atoms with Crippen LogP contribution in [0.25, 0.3) is 11.0 Å². The highest BCUT2D eigenvalue weighted by molar-refractivity contribution is 6.04. The average Bonchev–Trinajstić information content (AvgIpc) is 3.39. The quantitative estimate of drug-likeness (QED) is 0.302. The predicted molar refractivity (Wildman–Crippen MR) is 181 cm³/mol. The zero-order valence-corrected chi connectivity index (χ0v) is 27.7. The van der Waals surface area contributed by atoms with Crippen LogP contribution < -0.4 is 5.32 Å². The van der Waals surface area contributed by atoms with E-state index in [0.29, 0.717) is 11.9 Å². The van der Waals surface area contributed by atoms with Gasteiger partial charge in [-0.15, -0.1) is 0 Å². The van der Waals surface area contributed by atoms with Gasteiger partial charge in [0, 0.05) is 18.2 Å². The molecule has 0 spiro atoms. The molecule has 46 heavy (non-hydrogen) atoms. The Bertz CT molecular complexity index is 1390. The molecule has 2 fully saturated rings. The number of hydrogen-bond acceptors (Lipinski definition) is 3. The summed E-state index contributed by atoms with van der Waals surface area (Å²) in [6.07, 6.45) is 16.3. The summed E-state index contributed by atoms with van der Waals surface area (Å²) in [7, 11) is 0. The molecule has 0 bridgehead atoms. The van der Waals surface area contributed by atoms with E-state index in [-0.39, 0.29) is 11.6 Å². The smallest absolute Gasteiger partial charge is 0.307 e. The van der Waals surface area contributed by atoms with Gasteiger partial charge in [0.15, 0.2) is 0 Å². The maximum absolute atomic E-state index is 13.5. The molecule has 3 aromatic rings. The van der Waals surface area contributed by atoms with E-state index < -0.39 is 17.6 Å². The van der Waals surface area contributed by atoms with Crippen molar-refractivity contribution in [2.75, 3.05) is 18.4 Å². The Hall–Kier alpha value is -2.87. The van der Waals surface area contributed by atoms with Crippen molar-refractivity contribution in [1.82, 2.24) is 14.5 Å². The van der Waals surface area contributed by atoms with E-state index in [1.807, 2.05) is 6.07 Å². The molecule has 1 aliphatic carbocycles. The Morgan fingerprint density at radius 3 is 2.15 bits per heavy atom. The molecule has 2 heterocycles. The van der Waals surface area contributed by atoms with Crippen molar-refractivity contribution in [2.45, 2.75) is 135 Å². The molecule has 1 N–H and O–H groups in total. The first-order valence-electron chi connectivity index (χ1n) is 18.0. The summed E-state index contributed by atoms with van der Waals surface area (Å²) in [5.74, 6) is 0.473. The van der Waals surface area contributed by atoms with Crippen molar-refractivity contribution in [3.63, 3.8) is 0 Å². The van der Waals surface area contributed by atoms with E-state index in [9.17, 15) is 18.0 Å². The minimum atomic E-state index is -4.52. The molecule has 1 aliphatic heterocycles. The lowest BCUT2D eigenvalue weighted by Crippen LogP contribution is -2.29. The predicted octanol–water partition coefficient (Wildman–Crippen LogP) is 10.9. The Morgan fingerprint density at radius 1 is 0.804 bits per heavy atom. The maximum atomic E-state index is 13.5. The number of carbonyl (C=O) groups excluding carboxylic acids is 1. The van der Waals surface area contributed by atoms with Crippen LogP contribution in [0.3, 0.4) is 0 Å². The number of piperidine rings is 1. The molecule has 0 radical (unpaired) electrons. The summed E-state index contributed by atoms with van der Waals surface area (Å²) in [6, 6.07) is 11.2. The van der Waals surface area contributed by atoms with E-state index in [0.717, 1.165) is 68.5 Å². The van der Waals surface area contributed by atoms with Crippen molar-refractivity contribution < 1.29 is 18.0 Å². The molecule has 1 aromatic heterocycles. The molecule has 1 amide bonds. The first-order valence-corrected chi connectivity index (χ1v) is 18.0. The van der Waals surface area contributed by atoms with Crippen LogP contribution in [0.15, 0.2) is 42.5 Å². The Labute approximate surface area is 273 Å². The van der Waals surface area contributed by atoms with Crippen molar-refractivity contribution in [3.05, 3.63) is 59.2 Å². The fourth-order valence-electron chi connectivity index (χ4n) is 7.39. The lowest BCUT2D eigenvalue weighted by atomic mass is 9.93. The number of halogens is 3. The van der Waals surface area contributed by atoms with Crippen LogP contribution in [0.1, 0.15) is 144 Å². The van der Waals surface area contributed by atoms with Gasteiger partial charge in [0.25, 0.3) is 5.91 Å². The van der Waals surface area contributed by atoms with Gasteiger partial charge < -0.3 is 4.57 Å². The summed E-state index contributed by atoms with van der Waals surface area (Å²) in [5.41, 5.74) is 2.18. The van der Waals surface area contributed by atoms with Gasteiger partial charge in [-0.25, -0.2) is 4.98 Å². The van der Waals surface area contributed by atoms with E-state index in [2.05, 4.69) is 33.8 Å². The number of rotatable bonds is 5. The van der Waals surface area contributed by atoms with Gasteiger partial charge in [-0.3, -0.25) is 15.0 Å². The molecule has 2 unspecified atom stereocenters. The molecule has 2 atom stereocenters. The third kappa shape index (κ3) is 9.82. The van der Waals surface area contributed by atoms with Crippen molar-refractivity contribution in [2.24, 2.45) is 5.92 Å². The number of imidazole rings is 1. The fourth-order valence-corrected chi connectivity index (χ4v) is 7.39. The number of fused-ring (bicyclic) bond motifs is 1. The van der Waals surface area contributed by atoms with E-state index >= 15 is 0 Å². The van der Waals surface area contributed by atoms with E-state index in [4.69, 9.17) is 4.98 Å². The van der Waals surface area contributed by atoms with Crippen LogP contribution in [0, 0.1) is 5.92 Å². The van der Waals surface area contributed by atoms with Gasteiger partial charge >= 0.3 is 6.18 Å². The van der Waals surface area contributed by atoms with Gasteiger partial charge in [-0.1, -0.05) is 96.1 Å². The van der Waals surface area contributed by atoms with Crippen LogP contribution in [0.2, 0.25) is 0 Å². The molecule has 8 heteroatoms. The number of aromatic nitrogens is 2. The number of nitrogens with one attached hydrogen (secondary N) is 1. The molecule has 1 saturated carbocycles. The summed E-state index contributed by atoms with van der Waals surface area (Å²) in [5, 5.41) is 2.96. The largest absolute Gasteiger partial charge is 0.416 e. The van der Waals surface area contributed by atoms with Crippen LogP contribution >= 0.6 is 0 Å². The zero-order valence-electron chi connectivity index (χ0n) is 27.7. The number of hydrogen-bond donors (Lipinski definition) is 1. The fraction of sp³-hybridized carbons (Fsp3) is 0.632. The standard InChI is InChI=1S/C38H53F3N4O/c1-29-16-11-8-6-4-2-3-5-7-9-12-19-33(22-20-29)45-35-26-30(28-44-24-13-10-14-25-44)21-23-34(35)42-37(45)43-36(46)31-17-15-18-32(27-31)38(39,40)41/h15,17-18,21,23,26-27,29,33H,2-14,16,19-20,22,24-25,28H2,1H3,(H,42,43,46). The maximum Gasteiger partial charge on any atom is 0.416 e. The van der Waals surface area contributed by atoms with Gasteiger partial charge in [-0.2, -0.15) is 13.2 Å². The number of carbonyl (C=O) groups is 1. The van der Waals surface area contributed by atoms with Crippen LogP contribution in [0.5, 0.6) is 0 Å². The molecular formula is C38H53F3N4O. The number of likely N-dealkylation sites (tertiary alicyclic amines) is 1. The molecule has 2 aliphatic rings. The first-order chi connectivity index (χ1) is 22.3. The lowest BCUT2D eigenvalue weighted by Gasteiger charge is -2.27. The molecule has 2 aromatic carbocycles. The van der Waals surface area contributed by atoms with Crippen molar-refractivity contribution in [1.29, 1.82) is 0 Å². The number of amides is 1. The van der Waals surface area contributed by atoms with Crippen LogP contribution in [-0.4, -0.2) is 33.4 Å². The monoisotopic (exact) mass is 638 g/mol. The molecular weight excluding hydrogens is 585 g/mol. The van der Waals surface area contributed by atoms with Crippen molar-refractivity contribution in [3.8, 4) is 0 Å². The van der Waals surface area contributed by atoms with Gasteiger partial charge in [0.2, 0.25) is 5.95 Å². The number of anilines is 1. The van der Waals surface area contributed by atoms with Gasteiger partial charge in [0.1, 0.15) is 0 Å². The topological polar surface area (TPSA) is 50.2 Å². The third-order valence-electron chi connectivity index (χ3n) is 10.1. The third-order valence-corrected chi connectivity index (χ3v) is 10.1. The number of benzene rings is 2. The lowest BCUT2D eigenvalue weighted by molar-refractivity contribution is -0.137. The molecule has 5 rings (SSSR count). The van der Waals surface area contributed by atoms with Crippen LogP contribution in [-0.2, 0) is 12.7 Å². The highest BCUT2D eigenvalue weighted by Gasteiger charge is 2.31. The molecule has 252 valence electrons. The SMILES string of the molecule is CC1CCCCCCCCCCCCC(n2c(NC(=O)c3cccc(C(F)(F)F)c3)nc3ccc(CN4CCCCC4)cc32)CC1. The Morgan fingerprint density at radius 2 is 1.46 bits per heavy atom. The minimum Gasteiger partial charge on any atom is -0.307 e. The molecule has 1 saturated heterocycles. The number of nitrogens with zero attached hydrogens (tertiary/aromatic N) is 3. The van der Waals surface area contributed by atoms with Gasteiger partial charge in [0.05, 0.1) is 16.6 Å². The summed E-state index contributed by atoms with van der Waals surface area (Å²) in [6.45, 7) is 5.46. The second-order valence-corrected chi connectivity index (χ2v) is 13.9. The van der Waals surface area contributed by atoms with Crippen molar-refractivity contribution >= 4 is 22.9 Å². The summed E-state index contributed by atoms with van der Waals surface area (Å²) in [4.78, 5) is 20.9. The first kappa shape index (κ1) is 34.5. The highest BCUT2D eigenvalue weighted by Crippen LogP contribution is 2.35. The highest BCUT2D eigenvalue weighted by atomic mass is 19.4. The van der Waals surface area contributed by atoms with Crippen LogP contribution in [0.4, 0.5) is 19.1 Å². The van der Waals surface area contributed by atoms with E-state index in [1.165, 1.54) is 101 Å². The second-order valence-electron chi connectivity index (χ2n) is 13.9. The summed E-state index contributed by atoms with van der Waals surface area (Å²) < 4.78 is 42.6. The second kappa shape index (κ2) is 16.8. The normalized spacial score (nSPS) is 22.1.